The Morgan fingerprint density at radius 3 is 2.60 bits per heavy atom. The van der Waals surface area contributed by atoms with Gasteiger partial charge in [-0.05, 0) is 24.3 Å². The maximum atomic E-state index is 14.6. The highest BCUT2D eigenvalue weighted by Crippen LogP contribution is 2.27. The van der Waals surface area contributed by atoms with Gasteiger partial charge in [-0.2, -0.15) is 14.6 Å². The van der Waals surface area contributed by atoms with Crippen LogP contribution in [0, 0.1) is 11.6 Å². The molecule has 3 N–H and O–H groups in total. The molecule has 0 unspecified atom stereocenters. The van der Waals surface area contributed by atoms with Gasteiger partial charge in [-0.25, -0.2) is 13.6 Å². The van der Waals surface area contributed by atoms with Crippen molar-refractivity contribution in [3.8, 4) is 11.5 Å². The molecule has 12 nitrogen and oxygen atoms in total. The number of nitrogens with two attached hydrogens (primary N) is 1. The first kappa shape index (κ1) is 25.6. The number of nitrogens with one attached hydrogen (secondary N) is 1. The Labute approximate surface area is 226 Å². The van der Waals surface area contributed by atoms with E-state index in [0.29, 0.717) is 67.4 Å². The van der Waals surface area contributed by atoms with Crippen LogP contribution in [0.25, 0.3) is 28.1 Å². The van der Waals surface area contributed by atoms with Crippen molar-refractivity contribution in [3.05, 3.63) is 64.3 Å². The van der Waals surface area contributed by atoms with Crippen LogP contribution < -0.4 is 21.6 Å². The molecule has 0 atom stereocenters. The Hall–Kier alpha value is -4.72. The van der Waals surface area contributed by atoms with Crippen LogP contribution in [0.4, 0.5) is 20.4 Å². The highest BCUT2D eigenvalue weighted by molar-refractivity contribution is 5.95. The van der Waals surface area contributed by atoms with E-state index in [-0.39, 0.29) is 22.9 Å². The molecule has 208 valence electrons. The van der Waals surface area contributed by atoms with E-state index in [9.17, 15) is 18.4 Å². The van der Waals surface area contributed by atoms with Gasteiger partial charge in [-0.1, -0.05) is 0 Å². The highest BCUT2D eigenvalue weighted by atomic mass is 19.1. The van der Waals surface area contributed by atoms with Gasteiger partial charge in [0.15, 0.2) is 11.4 Å². The number of hydrogen-bond acceptors (Lipinski definition) is 8. The summed E-state index contributed by atoms with van der Waals surface area (Å²) in [5.74, 6) is -1.51. The largest absolute Gasteiger partial charge is 0.463 e. The Balaban J connectivity index is 1.21. The second kappa shape index (κ2) is 9.79. The van der Waals surface area contributed by atoms with Crippen molar-refractivity contribution in [2.24, 2.45) is 7.05 Å². The lowest BCUT2D eigenvalue weighted by molar-refractivity contribution is 0.0959. The van der Waals surface area contributed by atoms with E-state index in [1.165, 1.54) is 22.2 Å². The van der Waals surface area contributed by atoms with E-state index >= 15 is 0 Å². The molecule has 0 bridgehead atoms. The number of aromatic nitrogens is 5. The molecule has 0 radical (unpaired) electrons. The number of benzene rings is 1. The smallest absolute Gasteiger partial charge is 0.330 e. The molecule has 1 aromatic carbocycles. The standard InChI is InChI=1S/C26H27F2N9O3/c1-30-24(38)15-12-19(17(28)13-16(15)27)35-8-5-34(6-9-35)7-10-36-23-22(33(2)26(36)39)20-14-18(21-4-3-11-40-21)32-37(20)25(29)31-23/h3-4,11-14H,5-10H2,1-2H3,(H2,29,31)(H,30,38). The third kappa shape index (κ3) is 4.16. The van der Waals surface area contributed by atoms with Crippen molar-refractivity contribution in [2.45, 2.75) is 6.54 Å². The molecule has 40 heavy (non-hydrogen) atoms. The second-order valence-corrected chi connectivity index (χ2v) is 9.63. The maximum Gasteiger partial charge on any atom is 0.330 e. The van der Waals surface area contributed by atoms with Gasteiger partial charge in [0, 0.05) is 59.4 Å². The number of rotatable bonds is 6. The Bertz CT molecular complexity index is 1800. The van der Waals surface area contributed by atoms with Crippen LogP contribution in [0.1, 0.15) is 10.4 Å². The van der Waals surface area contributed by atoms with Crippen molar-refractivity contribution in [2.75, 3.05) is 50.4 Å². The fraction of sp³-hybridized carbons (Fsp3) is 0.308. The predicted molar refractivity (Wildman–Crippen MR) is 144 cm³/mol. The zero-order valence-electron chi connectivity index (χ0n) is 21.9. The van der Waals surface area contributed by atoms with Gasteiger partial charge < -0.3 is 20.4 Å². The van der Waals surface area contributed by atoms with Gasteiger partial charge in [0.05, 0.1) is 23.0 Å². The van der Waals surface area contributed by atoms with Crippen molar-refractivity contribution in [1.29, 1.82) is 0 Å². The zero-order valence-corrected chi connectivity index (χ0v) is 21.9. The van der Waals surface area contributed by atoms with E-state index in [1.807, 2.05) is 6.07 Å². The lowest BCUT2D eigenvalue weighted by Crippen LogP contribution is -2.48. The van der Waals surface area contributed by atoms with Crippen LogP contribution in [0.2, 0.25) is 0 Å². The van der Waals surface area contributed by atoms with Crippen molar-refractivity contribution in [3.63, 3.8) is 0 Å². The number of aryl methyl sites for hydroxylation is 1. The minimum absolute atomic E-state index is 0.144. The summed E-state index contributed by atoms with van der Waals surface area (Å²) < 4.78 is 38.8. The van der Waals surface area contributed by atoms with E-state index in [2.05, 4.69) is 20.3 Å². The number of carbonyl (C=O) groups excluding carboxylic acids is 1. The number of nitrogens with zero attached hydrogens (tertiary/aromatic N) is 7. The first-order valence-electron chi connectivity index (χ1n) is 12.7. The van der Waals surface area contributed by atoms with Crippen LogP contribution in [-0.4, -0.2) is 74.3 Å². The lowest BCUT2D eigenvalue weighted by atomic mass is 10.1. The van der Waals surface area contributed by atoms with E-state index in [4.69, 9.17) is 10.2 Å². The summed E-state index contributed by atoms with van der Waals surface area (Å²) in [5, 5.41) is 6.87. The van der Waals surface area contributed by atoms with Crippen LogP contribution in [-0.2, 0) is 13.6 Å². The third-order valence-corrected chi connectivity index (χ3v) is 7.34. The minimum atomic E-state index is -0.903. The Morgan fingerprint density at radius 1 is 1.12 bits per heavy atom. The van der Waals surface area contributed by atoms with Gasteiger partial charge in [-0.3, -0.25) is 18.8 Å². The number of fused-ring (bicyclic) bond motifs is 3. The molecule has 1 aliphatic rings. The average Bonchev–Trinajstić information content (AvgIpc) is 3.68. The molecule has 6 rings (SSSR count). The van der Waals surface area contributed by atoms with Gasteiger partial charge in [0.25, 0.3) is 5.91 Å². The zero-order chi connectivity index (χ0) is 28.1. The summed E-state index contributed by atoms with van der Waals surface area (Å²) in [5.41, 5.74) is 8.25. The topological polar surface area (TPSA) is 132 Å². The van der Waals surface area contributed by atoms with Crippen LogP contribution >= 0.6 is 0 Å². The SMILES string of the molecule is CNC(=O)c1cc(N2CCN(CCn3c(=O)n(C)c4c3nc(N)n3nc(-c5ccco5)cc43)CC2)c(F)cc1F. The number of imidazole rings is 1. The molecular formula is C26H27F2N9O3. The predicted octanol–water partition coefficient (Wildman–Crippen LogP) is 1.68. The number of nitrogen functional groups attached to an aromatic ring is 1. The van der Waals surface area contributed by atoms with Crippen LogP contribution in [0.3, 0.4) is 0 Å². The van der Waals surface area contributed by atoms with Crippen molar-refractivity contribution < 1.29 is 18.0 Å². The minimum Gasteiger partial charge on any atom is -0.463 e. The van der Waals surface area contributed by atoms with Crippen molar-refractivity contribution >= 4 is 34.2 Å². The monoisotopic (exact) mass is 551 g/mol. The van der Waals surface area contributed by atoms with E-state index in [1.54, 1.807) is 34.9 Å². The summed E-state index contributed by atoms with van der Waals surface area (Å²) >= 11 is 0. The first-order chi connectivity index (χ1) is 19.3. The molecule has 1 aliphatic heterocycles. The molecule has 0 aliphatic carbocycles. The fourth-order valence-corrected chi connectivity index (χ4v) is 5.21. The van der Waals surface area contributed by atoms with E-state index < -0.39 is 17.5 Å². The molecule has 1 fully saturated rings. The Kier molecular flexibility index (Phi) is 6.25. The van der Waals surface area contributed by atoms with Crippen molar-refractivity contribution in [1.82, 2.24) is 33.9 Å². The van der Waals surface area contributed by atoms with Gasteiger partial charge in [0.2, 0.25) is 5.95 Å². The molecule has 5 aromatic rings. The summed E-state index contributed by atoms with van der Waals surface area (Å²) in [7, 11) is 3.08. The summed E-state index contributed by atoms with van der Waals surface area (Å²) in [6.45, 7) is 3.02. The van der Waals surface area contributed by atoms with Crippen LogP contribution in [0.15, 0.2) is 45.8 Å². The maximum absolute atomic E-state index is 14.6. The summed E-state index contributed by atoms with van der Waals surface area (Å²) in [6, 6.07) is 7.36. The second-order valence-electron chi connectivity index (χ2n) is 9.63. The average molecular weight is 552 g/mol. The van der Waals surface area contributed by atoms with E-state index in [0.717, 1.165) is 6.07 Å². The molecular weight excluding hydrogens is 524 g/mol. The number of furan rings is 1. The third-order valence-electron chi connectivity index (χ3n) is 7.34. The molecule has 1 saturated heterocycles. The number of amides is 1. The lowest BCUT2D eigenvalue weighted by Gasteiger charge is -2.36. The number of anilines is 2. The van der Waals surface area contributed by atoms with Crippen LogP contribution in [0.5, 0.6) is 0 Å². The molecule has 1 amide bonds. The first-order valence-corrected chi connectivity index (χ1v) is 12.7. The summed E-state index contributed by atoms with van der Waals surface area (Å²) in [4.78, 5) is 33.6. The number of carbonyl (C=O) groups is 1. The van der Waals surface area contributed by atoms with Gasteiger partial charge in [-0.15, -0.1) is 0 Å². The number of hydrogen-bond donors (Lipinski definition) is 2. The molecule has 0 saturated carbocycles. The van der Waals surface area contributed by atoms with Gasteiger partial charge in [0.1, 0.15) is 22.8 Å². The highest BCUT2D eigenvalue weighted by Gasteiger charge is 2.24. The normalized spacial score (nSPS) is 14.4. The van der Waals surface area contributed by atoms with Gasteiger partial charge >= 0.3 is 5.69 Å². The molecule has 5 heterocycles. The quantitative estimate of drug-likeness (QED) is 0.326. The summed E-state index contributed by atoms with van der Waals surface area (Å²) in [6.07, 6.45) is 1.56. The fourth-order valence-electron chi connectivity index (χ4n) is 5.21. The number of halogens is 2. The molecule has 4 aromatic heterocycles. The number of piperazine rings is 1. The molecule has 14 heteroatoms. The molecule has 0 spiro atoms. The Morgan fingerprint density at radius 2 is 1.90 bits per heavy atom.